The Balaban J connectivity index is 2.72. The predicted molar refractivity (Wildman–Crippen MR) is 54.3 cm³/mol. The molecule has 1 aliphatic rings. The van der Waals surface area contributed by atoms with Gasteiger partial charge >= 0.3 is 0 Å². The quantitative estimate of drug-likeness (QED) is 0.667. The van der Waals surface area contributed by atoms with Crippen LogP contribution in [0.4, 0.5) is 0 Å². The van der Waals surface area contributed by atoms with Crippen LogP contribution in [-0.4, -0.2) is 23.5 Å². The van der Waals surface area contributed by atoms with Crippen LogP contribution < -0.4 is 0 Å². The fourth-order valence-electron chi connectivity index (χ4n) is 2.33. The van der Waals surface area contributed by atoms with E-state index in [-0.39, 0.29) is 6.04 Å². The van der Waals surface area contributed by atoms with Gasteiger partial charge in [-0.3, -0.25) is 4.90 Å². The summed E-state index contributed by atoms with van der Waals surface area (Å²) in [5, 5.41) is 9.11. The third-order valence-electron chi connectivity index (χ3n) is 3.60. The summed E-state index contributed by atoms with van der Waals surface area (Å²) in [5.41, 5.74) is 0.291. The Morgan fingerprint density at radius 1 is 1.46 bits per heavy atom. The molecular formula is C11H20N2. The lowest BCUT2D eigenvalue weighted by molar-refractivity contribution is -0.0690. The normalized spacial score (nSPS) is 26.9. The lowest BCUT2D eigenvalue weighted by Gasteiger charge is -2.56. The van der Waals surface area contributed by atoms with E-state index < -0.39 is 0 Å². The Morgan fingerprint density at radius 3 is 2.31 bits per heavy atom. The van der Waals surface area contributed by atoms with E-state index in [9.17, 15) is 0 Å². The van der Waals surface area contributed by atoms with Gasteiger partial charge in [0.15, 0.2) is 0 Å². The second-order valence-corrected chi connectivity index (χ2v) is 4.37. The van der Waals surface area contributed by atoms with Gasteiger partial charge in [-0.25, -0.2) is 0 Å². The molecule has 0 aromatic heterocycles. The van der Waals surface area contributed by atoms with Crippen molar-refractivity contribution < 1.29 is 0 Å². The van der Waals surface area contributed by atoms with Crippen molar-refractivity contribution in [2.45, 2.75) is 52.6 Å². The maximum Gasteiger partial charge on any atom is 0.105 e. The van der Waals surface area contributed by atoms with Crippen LogP contribution in [-0.2, 0) is 0 Å². The summed E-state index contributed by atoms with van der Waals surface area (Å²) in [6, 6.07) is 3.12. The SMILES string of the molecule is CCC1(CC)CN(C(C)C)C1C#N. The number of nitriles is 1. The van der Waals surface area contributed by atoms with Crippen molar-refractivity contribution in [2.75, 3.05) is 6.54 Å². The minimum atomic E-state index is 0.155. The van der Waals surface area contributed by atoms with Gasteiger partial charge in [0.25, 0.3) is 0 Å². The minimum absolute atomic E-state index is 0.155. The molecule has 1 heterocycles. The van der Waals surface area contributed by atoms with Crippen LogP contribution in [0.2, 0.25) is 0 Å². The molecule has 1 fully saturated rings. The highest BCUT2D eigenvalue weighted by molar-refractivity contribution is 5.13. The van der Waals surface area contributed by atoms with Gasteiger partial charge in [-0.1, -0.05) is 13.8 Å². The molecule has 13 heavy (non-hydrogen) atoms. The zero-order chi connectivity index (χ0) is 10.1. The van der Waals surface area contributed by atoms with E-state index in [0.29, 0.717) is 11.5 Å². The van der Waals surface area contributed by atoms with E-state index in [1.807, 2.05) is 0 Å². The first-order valence-corrected chi connectivity index (χ1v) is 5.26. The Morgan fingerprint density at radius 2 is 2.00 bits per heavy atom. The molecule has 1 saturated heterocycles. The average Bonchev–Trinajstić information content (AvgIpc) is 2.05. The number of nitrogens with zero attached hydrogens (tertiary/aromatic N) is 2. The van der Waals surface area contributed by atoms with Crippen LogP contribution >= 0.6 is 0 Å². The van der Waals surface area contributed by atoms with Gasteiger partial charge in [-0.2, -0.15) is 5.26 Å². The zero-order valence-electron chi connectivity index (χ0n) is 9.17. The highest BCUT2D eigenvalue weighted by Crippen LogP contribution is 2.44. The molecule has 1 atom stereocenters. The summed E-state index contributed by atoms with van der Waals surface area (Å²) in [4.78, 5) is 2.30. The fraction of sp³-hybridized carbons (Fsp3) is 0.909. The van der Waals surface area contributed by atoms with E-state index in [2.05, 4.69) is 38.7 Å². The monoisotopic (exact) mass is 180 g/mol. The molecular weight excluding hydrogens is 160 g/mol. The van der Waals surface area contributed by atoms with Crippen molar-refractivity contribution >= 4 is 0 Å². The second-order valence-electron chi connectivity index (χ2n) is 4.37. The largest absolute Gasteiger partial charge is 0.284 e. The molecule has 74 valence electrons. The topological polar surface area (TPSA) is 27.0 Å². The summed E-state index contributed by atoms with van der Waals surface area (Å²) in [7, 11) is 0. The van der Waals surface area contributed by atoms with E-state index in [1.165, 1.54) is 0 Å². The third kappa shape index (κ3) is 1.46. The molecule has 0 aliphatic carbocycles. The molecule has 0 saturated carbocycles. The van der Waals surface area contributed by atoms with Crippen molar-refractivity contribution in [3.63, 3.8) is 0 Å². The van der Waals surface area contributed by atoms with Crippen LogP contribution in [0.25, 0.3) is 0 Å². The summed E-state index contributed by atoms with van der Waals surface area (Å²) in [6.45, 7) is 9.84. The summed E-state index contributed by atoms with van der Waals surface area (Å²) in [6.07, 6.45) is 2.26. The predicted octanol–water partition coefficient (Wildman–Crippen LogP) is 2.41. The first-order valence-electron chi connectivity index (χ1n) is 5.26. The highest BCUT2D eigenvalue weighted by Gasteiger charge is 2.50. The average molecular weight is 180 g/mol. The number of hydrogen-bond acceptors (Lipinski definition) is 2. The van der Waals surface area contributed by atoms with E-state index in [0.717, 1.165) is 19.4 Å². The minimum Gasteiger partial charge on any atom is -0.284 e. The Labute approximate surface area is 81.5 Å². The van der Waals surface area contributed by atoms with Crippen molar-refractivity contribution in [2.24, 2.45) is 5.41 Å². The molecule has 0 radical (unpaired) electrons. The molecule has 0 amide bonds. The van der Waals surface area contributed by atoms with Crippen LogP contribution in [0.3, 0.4) is 0 Å². The lowest BCUT2D eigenvalue weighted by atomic mass is 9.67. The van der Waals surface area contributed by atoms with Crippen molar-refractivity contribution in [1.82, 2.24) is 4.90 Å². The summed E-state index contributed by atoms with van der Waals surface area (Å²) < 4.78 is 0. The van der Waals surface area contributed by atoms with Gasteiger partial charge in [0.2, 0.25) is 0 Å². The van der Waals surface area contributed by atoms with Crippen molar-refractivity contribution in [3.05, 3.63) is 0 Å². The molecule has 0 aromatic rings. The van der Waals surface area contributed by atoms with Gasteiger partial charge in [-0.15, -0.1) is 0 Å². The van der Waals surface area contributed by atoms with Crippen LogP contribution in [0.1, 0.15) is 40.5 Å². The van der Waals surface area contributed by atoms with Crippen molar-refractivity contribution in [1.29, 1.82) is 5.26 Å². The second kappa shape index (κ2) is 3.67. The van der Waals surface area contributed by atoms with Gasteiger partial charge in [0.05, 0.1) is 6.07 Å². The molecule has 2 heteroatoms. The van der Waals surface area contributed by atoms with Crippen LogP contribution in [0.15, 0.2) is 0 Å². The first-order chi connectivity index (χ1) is 6.11. The van der Waals surface area contributed by atoms with E-state index >= 15 is 0 Å². The zero-order valence-corrected chi connectivity index (χ0v) is 9.17. The number of hydrogen-bond donors (Lipinski definition) is 0. The fourth-order valence-corrected chi connectivity index (χ4v) is 2.33. The van der Waals surface area contributed by atoms with Gasteiger partial charge in [0, 0.05) is 18.0 Å². The summed E-state index contributed by atoms with van der Waals surface area (Å²) in [5.74, 6) is 0. The molecule has 1 unspecified atom stereocenters. The standard InChI is InChI=1S/C11H20N2/c1-5-11(6-2)8-13(9(3)4)10(11)7-12/h9-10H,5-6,8H2,1-4H3. The molecule has 2 nitrogen and oxygen atoms in total. The first kappa shape index (κ1) is 10.5. The molecule has 0 aromatic carbocycles. The number of likely N-dealkylation sites (tertiary alicyclic amines) is 1. The van der Waals surface area contributed by atoms with Crippen LogP contribution in [0.5, 0.6) is 0 Å². The Hall–Kier alpha value is -0.550. The van der Waals surface area contributed by atoms with E-state index in [1.54, 1.807) is 0 Å². The van der Waals surface area contributed by atoms with Gasteiger partial charge in [0.1, 0.15) is 6.04 Å². The molecule has 0 N–H and O–H groups in total. The molecule has 0 bridgehead atoms. The van der Waals surface area contributed by atoms with Crippen LogP contribution in [0, 0.1) is 16.7 Å². The Kier molecular flexibility index (Phi) is 2.98. The molecule has 0 spiro atoms. The summed E-state index contributed by atoms with van der Waals surface area (Å²) >= 11 is 0. The van der Waals surface area contributed by atoms with Gasteiger partial charge in [-0.05, 0) is 26.7 Å². The Bertz CT molecular complexity index is 211. The van der Waals surface area contributed by atoms with Crippen molar-refractivity contribution in [3.8, 4) is 6.07 Å². The molecule has 1 aliphatic heterocycles. The van der Waals surface area contributed by atoms with E-state index in [4.69, 9.17) is 5.26 Å². The third-order valence-corrected chi connectivity index (χ3v) is 3.60. The maximum atomic E-state index is 9.11. The molecule has 1 rings (SSSR count). The maximum absolute atomic E-state index is 9.11. The lowest BCUT2D eigenvalue weighted by Crippen LogP contribution is -2.65. The van der Waals surface area contributed by atoms with Gasteiger partial charge < -0.3 is 0 Å². The smallest absolute Gasteiger partial charge is 0.105 e. The highest BCUT2D eigenvalue weighted by atomic mass is 15.3. The number of rotatable bonds is 3.